The maximum Gasteiger partial charge on any atom is 0.471 e. The van der Waals surface area contributed by atoms with Gasteiger partial charge in [0, 0.05) is 149 Å². The van der Waals surface area contributed by atoms with Gasteiger partial charge in [-0.1, -0.05) is 30.3 Å². The summed E-state index contributed by atoms with van der Waals surface area (Å²) in [6, 6.07) is 27.8. The lowest BCUT2D eigenvalue weighted by Crippen LogP contribution is -2.30. The first-order valence-corrected chi connectivity index (χ1v) is 48.5. The Morgan fingerprint density at radius 1 is 0.454 bits per heavy atom. The molecule has 21 heterocycles. The fraction of sp³-hybridized carbons (Fsp3) is 0.106. The van der Waals surface area contributed by atoms with Crippen LogP contribution in [0.4, 0.5) is 17.1 Å². The van der Waals surface area contributed by atoms with Crippen molar-refractivity contribution in [3.05, 3.63) is 293 Å². The fourth-order valence-corrected chi connectivity index (χ4v) is 17.1. The van der Waals surface area contributed by atoms with E-state index in [0.29, 0.717) is 139 Å². The van der Waals surface area contributed by atoms with Crippen LogP contribution < -0.4 is 31.5 Å². The first kappa shape index (κ1) is 97.5. The number of hydrogen-bond acceptors (Lipinski definition) is 37. The summed E-state index contributed by atoms with van der Waals surface area (Å²) in [5.41, 5.74) is 14.6. The smallest absolute Gasteiger partial charge is 0.471 e. The Morgan fingerprint density at radius 2 is 0.780 bits per heavy atom. The molecule has 12 N–H and O–H groups in total. The molecular weight excluding hydrogens is 1960 g/mol. The number of nitrogens with zero attached hydrogens (tertiary/aromatic N) is 25. The third-order valence-corrected chi connectivity index (χ3v) is 24.5. The Bertz CT molecular complexity index is 7240. The summed E-state index contributed by atoms with van der Waals surface area (Å²) in [4.78, 5) is 160. The fourth-order valence-electron chi connectivity index (χ4n) is 12.7. The van der Waals surface area contributed by atoms with Crippen LogP contribution in [-0.2, 0) is 55.3 Å². The highest BCUT2D eigenvalue weighted by Crippen LogP contribution is 2.38. The highest BCUT2D eigenvalue weighted by atomic mass is 32.1. The van der Waals surface area contributed by atoms with Gasteiger partial charge in [-0.15, -0.1) is 56.7 Å². The average Bonchev–Trinajstić information content (AvgIpc) is 1.62. The van der Waals surface area contributed by atoms with Crippen LogP contribution in [0.3, 0.4) is 0 Å². The molecular formula is C85H72N33O16P2S5-. The molecule has 714 valence electrons. The third kappa shape index (κ3) is 25.8. The van der Waals surface area contributed by atoms with E-state index in [1.54, 1.807) is 155 Å². The Labute approximate surface area is 813 Å². The van der Waals surface area contributed by atoms with Crippen LogP contribution in [0, 0.1) is 0 Å². The van der Waals surface area contributed by atoms with E-state index in [-0.39, 0.29) is 41.6 Å². The van der Waals surface area contributed by atoms with Crippen LogP contribution in [0.25, 0.3) is 87.0 Å². The third-order valence-electron chi connectivity index (χ3n) is 19.2. The van der Waals surface area contributed by atoms with Crippen LogP contribution >= 0.6 is 72.3 Å². The van der Waals surface area contributed by atoms with Gasteiger partial charge in [0.1, 0.15) is 88.7 Å². The van der Waals surface area contributed by atoms with Gasteiger partial charge in [-0.05, 0) is 72.8 Å². The summed E-state index contributed by atoms with van der Waals surface area (Å²) < 4.78 is 42.8. The number of aryl methyl sites for hydroxylation is 2. The SMILES string of the molecule is Cn1cc(NC(=O)c2csc(-c3cnn(COP(=O)(O)O)c3)n2)c(-c2ccccn2)n1.Cn1cc(NC(=O)c2csc(-c3cnn(COP(=O)([O-])O)c3)n2)c(-c2ccccn2)n1.O=C(NC1=CCN=C1c1ccccn1)c1csc(-c2cn[nH]c2)n1.O=C(NC1=CCN=C1c1ccccn1)c1csc(-c2cn[nH]c2)n1.O=C(Nc1cn(C2COC2)nc1-c1ccccn1)c1csc(-c2cn[nH]c2)n1.O=CO. The summed E-state index contributed by atoms with van der Waals surface area (Å²) in [7, 11) is -5.96. The predicted molar refractivity (Wildman–Crippen MR) is 513 cm³/mol. The number of phosphoric ester groups is 2. The maximum atomic E-state index is 12.8. The molecule has 0 bridgehead atoms. The van der Waals surface area contributed by atoms with E-state index in [1.807, 2.05) is 89.8 Å². The first-order valence-electron chi connectivity index (χ1n) is 41.0. The first-order chi connectivity index (χ1) is 68.4. The van der Waals surface area contributed by atoms with Crippen molar-refractivity contribution in [3.8, 4) is 87.0 Å². The number of amides is 5. The van der Waals surface area contributed by atoms with E-state index >= 15 is 0 Å². The number of phosphoric acid groups is 2. The number of aliphatic imine (C=N–C) groups is 2. The summed E-state index contributed by atoms with van der Waals surface area (Å²) in [6.07, 6.45) is 33.4. The molecule has 18 aromatic rings. The van der Waals surface area contributed by atoms with Crippen molar-refractivity contribution in [1.29, 1.82) is 0 Å². The zero-order valence-electron chi connectivity index (χ0n) is 72.8. The lowest BCUT2D eigenvalue weighted by molar-refractivity contribution is -0.223. The molecule has 1 unspecified atom stereocenters. The van der Waals surface area contributed by atoms with Crippen molar-refractivity contribution in [2.75, 3.05) is 42.3 Å². The Balaban J connectivity index is 0.000000126. The topological polar surface area (TPSA) is 657 Å². The lowest BCUT2D eigenvalue weighted by atomic mass is 10.2. The van der Waals surface area contributed by atoms with E-state index in [0.717, 1.165) is 43.1 Å². The highest BCUT2D eigenvalue weighted by Gasteiger charge is 2.29. The molecule has 0 aromatic carbocycles. The van der Waals surface area contributed by atoms with Gasteiger partial charge in [0.15, 0.2) is 6.73 Å². The van der Waals surface area contributed by atoms with Gasteiger partial charge in [-0.3, -0.25) is 107 Å². The highest BCUT2D eigenvalue weighted by molar-refractivity contribution is 7.46. The van der Waals surface area contributed by atoms with Crippen molar-refractivity contribution in [1.82, 2.24) is 140 Å². The number of hydrogen-bond donors (Lipinski definition) is 12. The number of carbonyl (C=O) groups is 6. The molecule has 49 nitrogen and oxygen atoms in total. The molecule has 0 saturated carbocycles. The molecule has 18 aromatic heterocycles. The maximum absolute atomic E-state index is 12.8. The molecule has 0 aliphatic carbocycles. The summed E-state index contributed by atoms with van der Waals surface area (Å²) in [5.74, 6) is -1.66. The number of pyridine rings is 5. The van der Waals surface area contributed by atoms with Gasteiger partial charge >= 0.3 is 7.82 Å². The van der Waals surface area contributed by atoms with Crippen LogP contribution in [0.2, 0.25) is 0 Å². The number of aromatic amines is 3. The van der Waals surface area contributed by atoms with Crippen LogP contribution in [0.5, 0.6) is 0 Å². The Hall–Kier alpha value is -16.6. The number of allylic oxidation sites excluding steroid dienone is 2. The molecule has 56 heteroatoms. The minimum Gasteiger partial charge on any atom is -0.756 e. The van der Waals surface area contributed by atoms with Crippen molar-refractivity contribution in [2.24, 2.45) is 24.1 Å². The van der Waals surface area contributed by atoms with Crippen LogP contribution in [-0.4, -0.2) is 223 Å². The zero-order valence-corrected chi connectivity index (χ0v) is 78.7. The van der Waals surface area contributed by atoms with E-state index in [4.69, 9.17) is 29.3 Å². The van der Waals surface area contributed by atoms with Crippen molar-refractivity contribution < 1.29 is 76.4 Å². The van der Waals surface area contributed by atoms with E-state index in [2.05, 4.69) is 152 Å². The van der Waals surface area contributed by atoms with Crippen LogP contribution in [0.15, 0.2) is 263 Å². The number of ether oxygens (including phenoxy) is 1. The van der Waals surface area contributed by atoms with Gasteiger partial charge in [0.2, 0.25) is 0 Å². The molecule has 1 saturated heterocycles. The van der Waals surface area contributed by atoms with Gasteiger partial charge in [0.25, 0.3) is 43.8 Å². The molecule has 141 heavy (non-hydrogen) atoms. The largest absolute Gasteiger partial charge is 0.756 e. The number of H-pyrrole nitrogens is 3. The molecule has 0 radical (unpaired) electrons. The standard InChI is InChI=1S/C18H15N7O2S.2C17H16N7O5PS.2C16H12N6OS.CH2O2/c26-17(15-10-28-18(23-15)11-5-20-21-6-11)22-14-7-25(12-8-27-9-12)24-16(14)13-3-1-2-4-19-13;2*1-23-8-13(15(22-23)12-4-2-3-5-18-12)20-16(25)14-9-31-17(21-14)11-6-19-24(7-11)10-29-30(26,27)28;2*23-15(13-9-24-16(22-13)10-7-19-20-8-10)21-12-4-6-18-14(12)11-3-1-2-5-17-11;2-1-3/h1-7,10,12H,8-9H2,(H,20,21)(H,22,26);2*2-9H,10H2,1H3,(H,20,25)(H2,26,27,28);2*1-5,7-9H,6H2,(H,19,20)(H,21,23);1H,(H,2,3)/p-1. The minimum absolute atomic E-state index is 0.167. The van der Waals surface area contributed by atoms with Crippen molar-refractivity contribution in [3.63, 3.8) is 0 Å². The summed E-state index contributed by atoms with van der Waals surface area (Å²) in [5, 5.41) is 73.9. The molecule has 1 fully saturated rings. The second-order valence-corrected chi connectivity index (χ2v) is 35.6. The zero-order chi connectivity index (χ0) is 98.4. The Morgan fingerprint density at radius 3 is 1.09 bits per heavy atom. The quantitative estimate of drug-likeness (QED) is 0.0168. The van der Waals surface area contributed by atoms with E-state index in [9.17, 15) is 38.0 Å². The number of nitrogens with one attached hydrogen (secondary N) is 8. The predicted octanol–water partition coefficient (Wildman–Crippen LogP) is 10.0. The molecule has 3 aliphatic rings. The lowest BCUT2D eigenvalue weighted by Gasteiger charge is -2.25. The van der Waals surface area contributed by atoms with Crippen LogP contribution in [0.1, 0.15) is 69.9 Å². The number of carboxylic acid groups (broad SMARTS) is 1. The van der Waals surface area contributed by atoms with Gasteiger partial charge in [0.05, 0.1) is 120 Å². The van der Waals surface area contributed by atoms with E-state index in [1.165, 1.54) is 90.8 Å². The molecule has 21 rings (SSSR count). The van der Waals surface area contributed by atoms with Gasteiger partial charge < -0.3 is 56.0 Å². The summed E-state index contributed by atoms with van der Waals surface area (Å²) in [6.45, 7) is 1.12. The normalized spacial score (nSPS) is 12.9. The molecule has 0 spiro atoms. The molecule has 3 aliphatic heterocycles. The van der Waals surface area contributed by atoms with Gasteiger partial charge in [-0.2, -0.15) is 40.8 Å². The number of rotatable bonds is 27. The second kappa shape index (κ2) is 45.6. The minimum atomic E-state index is -4.85. The second-order valence-electron chi connectivity index (χ2n) is 28.9. The Kier molecular flexibility index (Phi) is 31.5. The number of aromatic nitrogens is 26. The monoisotopic (exact) mass is 2030 g/mol. The molecule has 1 atom stereocenters. The van der Waals surface area contributed by atoms with Crippen molar-refractivity contribution in [2.45, 2.75) is 19.5 Å². The van der Waals surface area contributed by atoms with E-state index < -0.39 is 40.9 Å². The van der Waals surface area contributed by atoms with Gasteiger partial charge in [-0.25, -0.2) is 38.8 Å². The summed E-state index contributed by atoms with van der Waals surface area (Å²) >= 11 is 6.63. The average molecular weight is 2030 g/mol. The number of thiazole rings is 5. The number of carbonyl (C=O) groups excluding carboxylic acids is 5. The molecule has 5 amide bonds. The number of anilines is 3. The van der Waals surface area contributed by atoms with Crippen molar-refractivity contribution >= 4 is 137 Å².